The minimum Gasteiger partial charge on any atom is -0.329 e. The molecule has 0 aliphatic rings. The lowest BCUT2D eigenvalue weighted by Crippen LogP contribution is -2.52. The van der Waals surface area contributed by atoms with Crippen molar-refractivity contribution in [3.8, 4) is 0 Å². The third-order valence-corrected chi connectivity index (χ3v) is 5.81. The van der Waals surface area contributed by atoms with Crippen LogP contribution in [0.4, 0.5) is 10.1 Å². The fourth-order valence-corrected chi connectivity index (χ4v) is 4.14. The normalized spacial score (nSPS) is 13.1. The van der Waals surface area contributed by atoms with Gasteiger partial charge in [0.05, 0.1) is 16.8 Å². The van der Waals surface area contributed by atoms with Crippen LogP contribution in [-0.2, 0) is 20.0 Å². The number of hydrogen-bond donors (Lipinski definition) is 3. The Morgan fingerprint density at radius 2 is 1.74 bits per heavy atom. The van der Waals surface area contributed by atoms with Crippen LogP contribution in [0.1, 0.15) is 26.7 Å². The van der Waals surface area contributed by atoms with Crippen molar-refractivity contribution in [3.05, 3.63) is 24.0 Å². The highest BCUT2D eigenvalue weighted by Crippen LogP contribution is 2.22. The number of halogens is 1. The quantitative estimate of drug-likeness (QED) is 0.633. The molecule has 0 saturated heterocycles. The van der Waals surface area contributed by atoms with E-state index in [4.69, 9.17) is 5.73 Å². The Morgan fingerprint density at radius 3 is 2.13 bits per heavy atom. The van der Waals surface area contributed by atoms with Crippen LogP contribution in [0.2, 0.25) is 0 Å². The first-order chi connectivity index (χ1) is 10.5. The maximum Gasteiger partial charge on any atom is 0.241 e. The van der Waals surface area contributed by atoms with E-state index in [1.54, 1.807) is 13.8 Å². The molecule has 1 rings (SSSR count). The lowest BCUT2D eigenvalue weighted by atomic mass is 9.95. The predicted molar refractivity (Wildman–Crippen MR) is 87.6 cm³/mol. The van der Waals surface area contributed by atoms with E-state index in [2.05, 4.69) is 4.72 Å². The molecule has 0 unspecified atom stereocenters. The molecule has 1 aromatic rings. The van der Waals surface area contributed by atoms with E-state index in [1.165, 1.54) is 0 Å². The van der Waals surface area contributed by atoms with E-state index >= 15 is 0 Å². The number of benzene rings is 1. The molecule has 0 bridgehead atoms. The summed E-state index contributed by atoms with van der Waals surface area (Å²) < 4.78 is 65.5. The summed E-state index contributed by atoms with van der Waals surface area (Å²) in [5, 5.41) is 0. The van der Waals surface area contributed by atoms with Gasteiger partial charge in [-0.3, -0.25) is 4.72 Å². The number of anilines is 1. The molecule has 10 heteroatoms. The number of rotatable bonds is 8. The summed E-state index contributed by atoms with van der Waals surface area (Å²) in [6.07, 6.45) is 1.83. The molecule has 132 valence electrons. The summed E-state index contributed by atoms with van der Waals surface area (Å²) in [6.45, 7) is 3.71. The third-order valence-electron chi connectivity index (χ3n) is 3.64. The lowest BCUT2D eigenvalue weighted by molar-refractivity contribution is 0.363. The van der Waals surface area contributed by atoms with E-state index in [9.17, 15) is 21.2 Å². The molecule has 4 N–H and O–H groups in total. The van der Waals surface area contributed by atoms with Gasteiger partial charge in [0.25, 0.3) is 0 Å². The van der Waals surface area contributed by atoms with Crippen LogP contribution in [0.3, 0.4) is 0 Å². The van der Waals surface area contributed by atoms with Crippen molar-refractivity contribution in [2.75, 3.05) is 17.5 Å². The Bertz CT molecular complexity index is 751. The Balaban J connectivity index is 3.18. The van der Waals surface area contributed by atoms with Crippen LogP contribution >= 0.6 is 0 Å². The van der Waals surface area contributed by atoms with E-state index < -0.39 is 31.4 Å². The van der Waals surface area contributed by atoms with Crippen molar-refractivity contribution in [1.29, 1.82) is 0 Å². The van der Waals surface area contributed by atoms with Gasteiger partial charge in [0, 0.05) is 12.1 Å². The molecule has 0 atom stereocenters. The molecule has 0 aliphatic heterocycles. The van der Waals surface area contributed by atoms with Gasteiger partial charge in [0.1, 0.15) is 5.82 Å². The fourth-order valence-electron chi connectivity index (χ4n) is 2.01. The van der Waals surface area contributed by atoms with Crippen LogP contribution in [0.5, 0.6) is 0 Å². The second kappa shape index (κ2) is 7.12. The fraction of sp³-hybridized carbons (Fsp3) is 0.538. The number of nitrogens with one attached hydrogen (secondary N) is 2. The smallest absolute Gasteiger partial charge is 0.241 e. The van der Waals surface area contributed by atoms with E-state index in [-0.39, 0.29) is 17.1 Å². The van der Waals surface area contributed by atoms with Crippen LogP contribution < -0.4 is 15.2 Å². The molecular formula is C13H22FN3O4S2. The van der Waals surface area contributed by atoms with Crippen molar-refractivity contribution in [2.45, 2.75) is 37.1 Å². The topological polar surface area (TPSA) is 118 Å². The molecular weight excluding hydrogens is 345 g/mol. The van der Waals surface area contributed by atoms with Gasteiger partial charge in [0.15, 0.2) is 0 Å². The van der Waals surface area contributed by atoms with Crippen molar-refractivity contribution < 1.29 is 21.2 Å². The van der Waals surface area contributed by atoms with Crippen molar-refractivity contribution in [2.24, 2.45) is 5.73 Å². The molecule has 0 aromatic heterocycles. The molecule has 7 nitrogen and oxygen atoms in total. The Labute approximate surface area is 136 Å². The number of hydrogen-bond acceptors (Lipinski definition) is 5. The second-order valence-corrected chi connectivity index (χ2v) is 8.74. The van der Waals surface area contributed by atoms with E-state index in [0.29, 0.717) is 12.8 Å². The lowest BCUT2D eigenvalue weighted by Gasteiger charge is -2.31. The van der Waals surface area contributed by atoms with Crippen molar-refractivity contribution >= 4 is 25.7 Å². The largest absolute Gasteiger partial charge is 0.329 e. The standard InChI is InChI=1S/C13H22FN3O4S2/c1-4-13(5-2,9-15)17-23(20,21)10-6-7-12(11(14)8-10)16-22(3,18)19/h6-8,16-17H,4-5,9,15H2,1-3H3. The summed E-state index contributed by atoms with van der Waals surface area (Å²) in [7, 11) is -7.64. The first-order valence-corrected chi connectivity index (χ1v) is 10.4. The van der Waals surface area contributed by atoms with E-state index in [0.717, 1.165) is 24.5 Å². The minimum atomic E-state index is -3.98. The average molecular weight is 367 g/mol. The first-order valence-electron chi connectivity index (χ1n) is 7.00. The molecule has 0 heterocycles. The maximum absolute atomic E-state index is 13.9. The van der Waals surface area contributed by atoms with Gasteiger partial charge in [-0.2, -0.15) is 0 Å². The average Bonchev–Trinajstić information content (AvgIpc) is 2.45. The summed E-state index contributed by atoms with van der Waals surface area (Å²) in [4.78, 5) is -0.297. The molecule has 0 fully saturated rings. The highest BCUT2D eigenvalue weighted by Gasteiger charge is 2.31. The predicted octanol–water partition coefficient (Wildman–Crippen LogP) is 0.993. The minimum absolute atomic E-state index is 0.107. The van der Waals surface area contributed by atoms with Gasteiger partial charge >= 0.3 is 0 Å². The number of nitrogens with two attached hydrogens (primary N) is 1. The summed E-state index contributed by atoms with van der Waals surface area (Å²) in [5.74, 6) is -0.982. The highest BCUT2D eigenvalue weighted by atomic mass is 32.2. The van der Waals surface area contributed by atoms with Crippen LogP contribution in [0, 0.1) is 5.82 Å². The Morgan fingerprint density at radius 1 is 1.17 bits per heavy atom. The molecule has 0 saturated carbocycles. The highest BCUT2D eigenvalue weighted by molar-refractivity contribution is 7.92. The Hall–Kier alpha value is -1.23. The zero-order valence-electron chi connectivity index (χ0n) is 13.3. The van der Waals surface area contributed by atoms with Crippen LogP contribution in [-0.4, -0.2) is 35.2 Å². The summed E-state index contributed by atoms with van der Waals surface area (Å²) in [6, 6.07) is 2.96. The van der Waals surface area contributed by atoms with Crippen molar-refractivity contribution in [3.63, 3.8) is 0 Å². The van der Waals surface area contributed by atoms with Crippen LogP contribution in [0.15, 0.2) is 23.1 Å². The second-order valence-electron chi connectivity index (χ2n) is 5.31. The molecule has 0 aliphatic carbocycles. The third kappa shape index (κ3) is 5.13. The monoisotopic (exact) mass is 367 g/mol. The zero-order valence-corrected chi connectivity index (χ0v) is 14.9. The summed E-state index contributed by atoms with van der Waals surface area (Å²) >= 11 is 0. The van der Waals surface area contributed by atoms with Gasteiger partial charge < -0.3 is 5.73 Å². The molecule has 0 spiro atoms. The maximum atomic E-state index is 13.9. The molecule has 1 aromatic carbocycles. The molecule has 23 heavy (non-hydrogen) atoms. The van der Waals surface area contributed by atoms with Crippen molar-refractivity contribution in [1.82, 2.24) is 4.72 Å². The molecule has 0 amide bonds. The summed E-state index contributed by atoms with van der Waals surface area (Å²) in [5.41, 5.74) is 4.54. The van der Waals surface area contributed by atoms with Gasteiger partial charge in [0.2, 0.25) is 20.0 Å². The van der Waals surface area contributed by atoms with Crippen LogP contribution in [0.25, 0.3) is 0 Å². The van der Waals surface area contributed by atoms with Gasteiger partial charge in [-0.25, -0.2) is 25.9 Å². The van der Waals surface area contributed by atoms with Gasteiger partial charge in [-0.1, -0.05) is 13.8 Å². The van der Waals surface area contributed by atoms with E-state index in [1.807, 2.05) is 4.72 Å². The first kappa shape index (κ1) is 19.8. The van der Waals surface area contributed by atoms with Gasteiger partial charge in [-0.15, -0.1) is 0 Å². The van der Waals surface area contributed by atoms with Gasteiger partial charge in [-0.05, 0) is 31.0 Å². The number of sulfonamides is 2. The molecule has 0 radical (unpaired) electrons. The SMILES string of the molecule is CCC(CC)(CN)NS(=O)(=O)c1ccc(NS(C)(=O)=O)c(F)c1. The zero-order chi connectivity index (χ0) is 17.9. The Kier molecular flexibility index (Phi) is 6.13.